The number of aliphatic carboxylic acids is 1. The Morgan fingerprint density at radius 2 is 1.72 bits per heavy atom. The van der Waals surface area contributed by atoms with Crippen LogP contribution in [-0.2, 0) is 22.6 Å². The van der Waals surface area contributed by atoms with Crippen molar-refractivity contribution in [2.75, 3.05) is 7.11 Å². The van der Waals surface area contributed by atoms with E-state index in [0.29, 0.717) is 28.0 Å². The smallest absolute Gasteiger partial charge is 0.338 e. The van der Waals surface area contributed by atoms with E-state index in [4.69, 9.17) is 14.6 Å². The zero-order chi connectivity index (χ0) is 18.4. The fourth-order valence-electron chi connectivity index (χ4n) is 2.43. The third-order valence-corrected chi connectivity index (χ3v) is 3.61. The fourth-order valence-corrected chi connectivity index (χ4v) is 2.43. The highest BCUT2D eigenvalue weighted by Gasteiger charge is 2.14. The first kappa shape index (κ1) is 18.2. The summed E-state index contributed by atoms with van der Waals surface area (Å²) in [5, 5.41) is 8.99. The van der Waals surface area contributed by atoms with Crippen LogP contribution in [0.4, 0.5) is 0 Å². The van der Waals surface area contributed by atoms with Gasteiger partial charge >= 0.3 is 11.9 Å². The zero-order valence-electron chi connectivity index (χ0n) is 13.9. The van der Waals surface area contributed by atoms with Crippen LogP contribution in [0.1, 0.15) is 38.8 Å². The van der Waals surface area contributed by atoms with Crippen molar-refractivity contribution in [3.8, 4) is 5.75 Å². The molecule has 0 radical (unpaired) electrons. The van der Waals surface area contributed by atoms with Crippen LogP contribution in [0.15, 0.2) is 42.5 Å². The number of ketones is 1. The Balaban J connectivity index is 2.23. The molecule has 1 N–H and O–H groups in total. The predicted octanol–water partition coefficient (Wildman–Crippen LogP) is 2.88. The van der Waals surface area contributed by atoms with Gasteiger partial charge < -0.3 is 14.6 Å². The highest BCUT2D eigenvalue weighted by Crippen LogP contribution is 2.21. The van der Waals surface area contributed by atoms with Crippen molar-refractivity contribution in [2.24, 2.45) is 0 Å². The summed E-state index contributed by atoms with van der Waals surface area (Å²) in [4.78, 5) is 34.3. The molecule has 130 valence electrons. The lowest BCUT2D eigenvalue weighted by Gasteiger charge is -2.12. The summed E-state index contributed by atoms with van der Waals surface area (Å²) >= 11 is 0. The summed E-state index contributed by atoms with van der Waals surface area (Å²) < 4.78 is 10.4. The molecule has 0 aromatic heterocycles. The van der Waals surface area contributed by atoms with Crippen molar-refractivity contribution < 1.29 is 29.0 Å². The number of methoxy groups -OCH3 is 1. The van der Waals surface area contributed by atoms with Crippen LogP contribution in [0.2, 0.25) is 0 Å². The highest BCUT2D eigenvalue weighted by atomic mass is 16.5. The minimum Gasteiger partial charge on any atom is -0.489 e. The number of carbonyl (C=O) groups excluding carboxylic acids is 2. The second kappa shape index (κ2) is 8.10. The number of esters is 1. The average molecular weight is 342 g/mol. The quantitative estimate of drug-likeness (QED) is 0.615. The molecule has 0 amide bonds. The first-order valence-electron chi connectivity index (χ1n) is 7.57. The van der Waals surface area contributed by atoms with E-state index in [2.05, 4.69) is 0 Å². The molecule has 0 saturated heterocycles. The number of rotatable bonds is 7. The minimum atomic E-state index is -1.03. The summed E-state index contributed by atoms with van der Waals surface area (Å²) in [5.74, 6) is -1.28. The molecule has 0 fully saturated rings. The number of benzene rings is 2. The van der Waals surface area contributed by atoms with E-state index < -0.39 is 11.9 Å². The largest absolute Gasteiger partial charge is 0.489 e. The van der Waals surface area contributed by atoms with Gasteiger partial charge in [-0.25, -0.2) is 4.79 Å². The number of carbonyl (C=O) groups is 3. The van der Waals surface area contributed by atoms with Crippen LogP contribution in [-0.4, -0.2) is 29.9 Å². The van der Waals surface area contributed by atoms with Gasteiger partial charge in [-0.1, -0.05) is 18.2 Å². The molecule has 0 bridgehead atoms. The van der Waals surface area contributed by atoms with E-state index in [9.17, 15) is 14.4 Å². The van der Waals surface area contributed by atoms with E-state index in [-0.39, 0.29) is 18.8 Å². The topological polar surface area (TPSA) is 89.9 Å². The molecule has 6 nitrogen and oxygen atoms in total. The van der Waals surface area contributed by atoms with Gasteiger partial charge in [0.15, 0.2) is 5.78 Å². The average Bonchev–Trinajstić information content (AvgIpc) is 2.59. The van der Waals surface area contributed by atoms with Crippen molar-refractivity contribution >= 4 is 17.7 Å². The Morgan fingerprint density at radius 1 is 1.00 bits per heavy atom. The van der Waals surface area contributed by atoms with Crippen LogP contribution in [0.5, 0.6) is 5.75 Å². The molecular formula is C19H18O6. The van der Waals surface area contributed by atoms with Gasteiger partial charge in [-0.15, -0.1) is 0 Å². The monoisotopic (exact) mass is 342 g/mol. The molecule has 2 aromatic carbocycles. The van der Waals surface area contributed by atoms with Gasteiger partial charge in [-0.3, -0.25) is 9.59 Å². The van der Waals surface area contributed by atoms with Gasteiger partial charge in [-0.2, -0.15) is 0 Å². The molecule has 2 rings (SSSR count). The maximum Gasteiger partial charge on any atom is 0.338 e. The first-order valence-corrected chi connectivity index (χ1v) is 7.57. The molecule has 6 heteroatoms. The summed E-state index contributed by atoms with van der Waals surface area (Å²) in [6.07, 6.45) is -0.273. The number of Topliss-reactive ketones (excluding diaryl/α,β-unsaturated/α-hetero) is 1. The maximum atomic E-state index is 11.8. The molecule has 2 aromatic rings. The predicted molar refractivity (Wildman–Crippen MR) is 89.9 cm³/mol. The van der Waals surface area contributed by atoms with Gasteiger partial charge in [0.2, 0.25) is 0 Å². The summed E-state index contributed by atoms with van der Waals surface area (Å²) in [5.41, 5.74) is 1.78. The van der Waals surface area contributed by atoms with Crippen LogP contribution in [0.3, 0.4) is 0 Å². The standard InChI is InChI=1S/C19H18O6/c1-12(20)16-8-7-15(9-14(16)10-18(21)22)25-11-13-5-3-4-6-17(13)19(23)24-2/h3-9H,10-11H2,1-2H3,(H,21,22). The van der Waals surface area contributed by atoms with E-state index in [1.54, 1.807) is 36.4 Å². The number of hydrogen-bond donors (Lipinski definition) is 1. The van der Waals surface area contributed by atoms with Gasteiger partial charge in [0, 0.05) is 11.1 Å². The molecule has 0 aliphatic carbocycles. The molecular weight excluding hydrogens is 324 g/mol. The van der Waals surface area contributed by atoms with Crippen molar-refractivity contribution in [3.05, 3.63) is 64.7 Å². The lowest BCUT2D eigenvalue weighted by Crippen LogP contribution is -2.09. The molecule has 0 spiro atoms. The van der Waals surface area contributed by atoms with Crippen LogP contribution >= 0.6 is 0 Å². The second-order valence-corrected chi connectivity index (χ2v) is 5.38. The van der Waals surface area contributed by atoms with Gasteiger partial charge in [0.1, 0.15) is 12.4 Å². The van der Waals surface area contributed by atoms with Gasteiger partial charge in [-0.05, 0) is 36.8 Å². The Labute approximate surface area is 145 Å². The Morgan fingerprint density at radius 3 is 2.36 bits per heavy atom. The van der Waals surface area contributed by atoms with Crippen LogP contribution in [0.25, 0.3) is 0 Å². The Bertz CT molecular complexity index is 809. The van der Waals surface area contributed by atoms with Crippen molar-refractivity contribution in [1.29, 1.82) is 0 Å². The number of hydrogen-bond acceptors (Lipinski definition) is 5. The lowest BCUT2D eigenvalue weighted by atomic mass is 10.0. The Kier molecular flexibility index (Phi) is 5.89. The van der Waals surface area contributed by atoms with E-state index in [1.165, 1.54) is 20.1 Å². The fraction of sp³-hybridized carbons (Fsp3) is 0.211. The highest BCUT2D eigenvalue weighted by molar-refractivity contribution is 5.96. The SMILES string of the molecule is COC(=O)c1ccccc1COc1ccc(C(C)=O)c(CC(=O)O)c1. The summed E-state index contributed by atoms with van der Waals surface area (Å²) in [6.45, 7) is 1.49. The minimum absolute atomic E-state index is 0.108. The van der Waals surface area contributed by atoms with Crippen LogP contribution in [0, 0.1) is 0 Å². The third-order valence-electron chi connectivity index (χ3n) is 3.61. The third kappa shape index (κ3) is 4.67. The molecule has 25 heavy (non-hydrogen) atoms. The summed E-state index contributed by atoms with van der Waals surface area (Å²) in [7, 11) is 1.30. The first-order chi connectivity index (χ1) is 11.9. The van der Waals surface area contributed by atoms with Crippen molar-refractivity contribution in [1.82, 2.24) is 0 Å². The normalized spacial score (nSPS) is 10.2. The molecule has 0 aliphatic heterocycles. The molecule has 0 heterocycles. The molecule has 0 atom stereocenters. The zero-order valence-corrected chi connectivity index (χ0v) is 13.9. The molecule has 0 unspecified atom stereocenters. The van der Waals surface area contributed by atoms with Gasteiger partial charge in [0.25, 0.3) is 0 Å². The molecule has 0 aliphatic rings. The van der Waals surface area contributed by atoms with Gasteiger partial charge in [0.05, 0.1) is 19.1 Å². The van der Waals surface area contributed by atoms with E-state index >= 15 is 0 Å². The van der Waals surface area contributed by atoms with Crippen molar-refractivity contribution in [2.45, 2.75) is 20.0 Å². The maximum absolute atomic E-state index is 11.8. The number of carboxylic acid groups (broad SMARTS) is 1. The second-order valence-electron chi connectivity index (χ2n) is 5.38. The van der Waals surface area contributed by atoms with E-state index in [1.807, 2.05) is 0 Å². The lowest BCUT2D eigenvalue weighted by molar-refractivity contribution is -0.136. The Hall–Kier alpha value is -3.15. The van der Waals surface area contributed by atoms with Crippen LogP contribution < -0.4 is 4.74 Å². The van der Waals surface area contributed by atoms with Crippen molar-refractivity contribution in [3.63, 3.8) is 0 Å². The summed E-state index contributed by atoms with van der Waals surface area (Å²) in [6, 6.07) is 11.6. The molecule has 0 saturated carbocycles. The number of ether oxygens (including phenoxy) is 2. The number of carboxylic acids is 1. The van der Waals surface area contributed by atoms with E-state index in [0.717, 1.165) is 0 Å².